The molecule has 4 aromatic rings. The lowest BCUT2D eigenvalue weighted by molar-refractivity contribution is -0.116. The van der Waals surface area contributed by atoms with Crippen molar-refractivity contribution in [2.24, 2.45) is 4.99 Å². The van der Waals surface area contributed by atoms with Gasteiger partial charge in [0.05, 0.1) is 31.0 Å². The lowest BCUT2D eigenvalue weighted by Gasteiger charge is -2.32. The smallest absolute Gasteiger partial charge is 0.256 e. The van der Waals surface area contributed by atoms with E-state index in [1.54, 1.807) is 47.7 Å². The number of amides is 3. The Morgan fingerprint density at radius 3 is 2.64 bits per heavy atom. The zero-order chi connectivity index (χ0) is 30.6. The number of benzene rings is 3. The van der Waals surface area contributed by atoms with Crippen molar-refractivity contribution in [3.63, 3.8) is 0 Å². The number of methoxy groups -OCH3 is 1. The predicted octanol–water partition coefficient (Wildman–Crippen LogP) is 6.98. The fourth-order valence-corrected chi connectivity index (χ4v) is 6.49. The minimum atomic E-state index is -0.217. The summed E-state index contributed by atoms with van der Waals surface area (Å²) in [4.78, 5) is 46.2. The summed E-state index contributed by atoms with van der Waals surface area (Å²) in [5.74, 6) is 0.522. The number of hydrogen-bond donors (Lipinski definition) is 2. The van der Waals surface area contributed by atoms with E-state index in [9.17, 15) is 14.4 Å². The number of thiophene rings is 1. The summed E-state index contributed by atoms with van der Waals surface area (Å²) < 4.78 is 12.7. The second-order valence-electron chi connectivity index (χ2n) is 11.0. The van der Waals surface area contributed by atoms with Gasteiger partial charge in [0, 0.05) is 51.8 Å². The third-order valence-electron chi connectivity index (χ3n) is 7.84. The minimum absolute atomic E-state index is 0.0160. The third kappa shape index (κ3) is 6.45. The Labute approximate surface area is 259 Å². The van der Waals surface area contributed by atoms with Crippen molar-refractivity contribution in [3.05, 3.63) is 76.7 Å². The molecule has 1 saturated heterocycles. The Hall–Kier alpha value is -4.70. The van der Waals surface area contributed by atoms with Crippen LogP contribution in [-0.4, -0.2) is 55.1 Å². The molecule has 44 heavy (non-hydrogen) atoms. The molecule has 1 fully saturated rings. The van der Waals surface area contributed by atoms with Crippen molar-refractivity contribution < 1.29 is 23.9 Å². The Kier molecular flexibility index (Phi) is 8.60. The Bertz CT molecular complexity index is 1750. The number of rotatable bonds is 9. The van der Waals surface area contributed by atoms with Crippen LogP contribution in [0.15, 0.2) is 65.7 Å². The van der Waals surface area contributed by atoms with Gasteiger partial charge in [0.1, 0.15) is 0 Å². The number of piperidine rings is 1. The molecule has 10 heteroatoms. The lowest BCUT2D eigenvalue weighted by atomic mass is 10.0. The van der Waals surface area contributed by atoms with Gasteiger partial charge >= 0.3 is 0 Å². The van der Waals surface area contributed by atoms with Crippen LogP contribution in [0.25, 0.3) is 10.1 Å². The minimum Gasteiger partial charge on any atom is -0.493 e. The lowest BCUT2D eigenvalue weighted by Crippen LogP contribution is -2.43. The van der Waals surface area contributed by atoms with E-state index >= 15 is 0 Å². The molecule has 9 nitrogen and oxygen atoms in total. The second kappa shape index (κ2) is 12.9. The van der Waals surface area contributed by atoms with Gasteiger partial charge in [-0.25, -0.2) is 0 Å². The fraction of sp³-hybridized carbons (Fsp3) is 0.294. The number of ether oxygens (including phenoxy) is 2. The topological polar surface area (TPSA) is 109 Å². The molecule has 0 aliphatic carbocycles. The third-order valence-corrected chi connectivity index (χ3v) is 8.87. The summed E-state index contributed by atoms with van der Waals surface area (Å²) in [7, 11) is 1.54. The van der Waals surface area contributed by atoms with Gasteiger partial charge in [-0.3, -0.25) is 19.4 Å². The first-order chi connectivity index (χ1) is 21.4. The number of anilines is 2. The number of nitrogens with zero attached hydrogens (tertiary/aromatic N) is 2. The first kappa shape index (κ1) is 29.4. The number of hydrogen-bond acceptors (Lipinski definition) is 7. The Balaban J connectivity index is 0.995. The summed E-state index contributed by atoms with van der Waals surface area (Å²) in [6, 6.07) is 18.2. The molecule has 0 bridgehead atoms. The monoisotopic (exact) mass is 610 g/mol. The van der Waals surface area contributed by atoms with Gasteiger partial charge in [0.15, 0.2) is 11.5 Å². The van der Waals surface area contributed by atoms with Crippen LogP contribution in [0.3, 0.4) is 0 Å². The van der Waals surface area contributed by atoms with Crippen molar-refractivity contribution in [2.75, 3.05) is 30.9 Å². The van der Waals surface area contributed by atoms with Crippen molar-refractivity contribution in [3.8, 4) is 11.5 Å². The van der Waals surface area contributed by atoms with Gasteiger partial charge < -0.3 is 25.0 Å². The predicted molar refractivity (Wildman–Crippen MR) is 174 cm³/mol. The summed E-state index contributed by atoms with van der Waals surface area (Å²) in [5.41, 5.74) is 2.91. The SMILES string of the molecule is COc1cc2c(cc1OCCCC(=O)Nc1ccc(C(=O)Nc3ccc4sc(C)cc4c3)cc1)N=C[C@@H]1CCCCN1C2=O. The van der Waals surface area contributed by atoms with Crippen LogP contribution in [0.2, 0.25) is 0 Å². The van der Waals surface area contributed by atoms with Crippen molar-refractivity contribution >= 4 is 62.4 Å². The molecule has 0 saturated carbocycles. The van der Waals surface area contributed by atoms with Gasteiger partial charge in [0.25, 0.3) is 11.8 Å². The van der Waals surface area contributed by atoms with Gasteiger partial charge in [-0.15, -0.1) is 11.3 Å². The number of carbonyl (C=O) groups is 3. The molecule has 1 aromatic heterocycles. The highest BCUT2D eigenvalue weighted by atomic mass is 32.1. The zero-order valence-electron chi connectivity index (χ0n) is 24.7. The normalized spacial score (nSPS) is 15.7. The molecule has 6 rings (SSSR count). The van der Waals surface area contributed by atoms with Crippen LogP contribution in [0.4, 0.5) is 17.1 Å². The standard InChI is InChI=1S/C34H34N4O5S/c1-21-16-23-17-25(12-13-31(23)44-21)37-33(40)22-8-10-24(11-9-22)36-32(39)7-5-15-43-30-19-28-27(18-29(30)42-2)34(41)38-14-4-3-6-26(38)20-35-28/h8-13,16-20,26H,3-7,14-15H2,1-2H3,(H,36,39)(H,37,40)/t26-/m0/s1. The quantitative estimate of drug-likeness (QED) is 0.199. The van der Waals surface area contributed by atoms with Crippen LogP contribution in [0.5, 0.6) is 11.5 Å². The van der Waals surface area contributed by atoms with Crippen molar-refractivity contribution in [1.82, 2.24) is 4.90 Å². The van der Waals surface area contributed by atoms with E-state index in [-0.39, 0.29) is 36.8 Å². The molecule has 3 heterocycles. The summed E-state index contributed by atoms with van der Waals surface area (Å²) in [6.45, 7) is 3.07. The van der Waals surface area contributed by atoms with Gasteiger partial charge in [-0.2, -0.15) is 0 Å². The number of nitrogens with one attached hydrogen (secondary N) is 2. The van der Waals surface area contributed by atoms with Crippen LogP contribution in [0, 0.1) is 6.92 Å². The van der Waals surface area contributed by atoms with Crippen LogP contribution in [-0.2, 0) is 4.79 Å². The number of aliphatic imine (C=N–C) groups is 1. The van der Waals surface area contributed by atoms with E-state index < -0.39 is 0 Å². The molecule has 2 aliphatic rings. The Morgan fingerprint density at radius 1 is 1.00 bits per heavy atom. The van der Waals surface area contributed by atoms with Gasteiger partial charge in [-0.05, 0) is 92.6 Å². The number of carbonyl (C=O) groups excluding carboxylic acids is 3. The highest BCUT2D eigenvalue weighted by Gasteiger charge is 2.31. The highest BCUT2D eigenvalue weighted by molar-refractivity contribution is 7.19. The summed E-state index contributed by atoms with van der Waals surface area (Å²) >= 11 is 1.72. The van der Waals surface area contributed by atoms with Crippen molar-refractivity contribution in [2.45, 2.75) is 45.1 Å². The average Bonchev–Trinajstić information content (AvgIpc) is 3.34. The van der Waals surface area contributed by atoms with Crippen LogP contribution >= 0.6 is 11.3 Å². The molecule has 2 N–H and O–H groups in total. The molecule has 0 spiro atoms. The molecule has 0 radical (unpaired) electrons. The molecule has 2 aliphatic heterocycles. The molecule has 1 atom stereocenters. The maximum Gasteiger partial charge on any atom is 0.256 e. The van der Waals surface area contributed by atoms with Gasteiger partial charge in [0.2, 0.25) is 5.91 Å². The summed E-state index contributed by atoms with van der Waals surface area (Å²) in [5, 5.41) is 6.91. The first-order valence-corrected chi connectivity index (χ1v) is 15.6. The van der Waals surface area contributed by atoms with Crippen LogP contribution in [0.1, 0.15) is 57.7 Å². The Morgan fingerprint density at radius 2 is 1.82 bits per heavy atom. The highest BCUT2D eigenvalue weighted by Crippen LogP contribution is 2.38. The maximum absolute atomic E-state index is 13.2. The van der Waals surface area contributed by atoms with E-state index in [2.05, 4.69) is 28.6 Å². The number of fused-ring (bicyclic) bond motifs is 3. The fourth-order valence-electron chi connectivity index (χ4n) is 5.59. The second-order valence-corrected chi connectivity index (χ2v) is 12.3. The number of aryl methyl sites for hydroxylation is 1. The van der Waals surface area contributed by atoms with E-state index in [0.29, 0.717) is 40.4 Å². The molecule has 3 amide bonds. The average molecular weight is 611 g/mol. The maximum atomic E-state index is 13.2. The van der Waals surface area contributed by atoms with Crippen LogP contribution < -0.4 is 20.1 Å². The van der Waals surface area contributed by atoms with E-state index in [1.165, 1.54) is 16.7 Å². The first-order valence-electron chi connectivity index (χ1n) is 14.8. The van der Waals surface area contributed by atoms with E-state index in [0.717, 1.165) is 36.9 Å². The molecule has 0 unspecified atom stereocenters. The van der Waals surface area contributed by atoms with E-state index in [1.807, 2.05) is 29.3 Å². The molecular weight excluding hydrogens is 576 g/mol. The summed E-state index contributed by atoms with van der Waals surface area (Å²) in [6.07, 6.45) is 5.56. The molecular formula is C34H34N4O5S. The van der Waals surface area contributed by atoms with Crippen molar-refractivity contribution in [1.29, 1.82) is 0 Å². The van der Waals surface area contributed by atoms with E-state index in [4.69, 9.17) is 9.47 Å². The largest absolute Gasteiger partial charge is 0.493 e. The molecule has 226 valence electrons. The molecule has 3 aromatic carbocycles. The zero-order valence-corrected chi connectivity index (χ0v) is 25.5. The van der Waals surface area contributed by atoms with Gasteiger partial charge in [-0.1, -0.05) is 0 Å².